The second kappa shape index (κ2) is 10.7. The zero-order chi connectivity index (χ0) is 15.1. The van der Waals surface area contributed by atoms with E-state index in [2.05, 4.69) is 49.3 Å². The molecule has 130 valence electrons. The zero-order valence-electron chi connectivity index (χ0n) is 14.1. The van der Waals surface area contributed by atoms with Crippen LogP contribution in [-0.2, 0) is 0 Å². The monoisotopic (exact) mass is 358 g/mol. The Balaban J connectivity index is 0.00000242. The van der Waals surface area contributed by atoms with Crippen LogP contribution in [-0.4, -0.2) is 24.2 Å². The molecule has 1 aromatic rings. The fourth-order valence-corrected chi connectivity index (χ4v) is 2.21. The van der Waals surface area contributed by atoms with Gasteiger partial charge in [-0.1, -0.05) is 45.1 Å². The summed E-state index contributed by atoms with van der Waals surface area (Å²) in [5.74, 6) is 0.839. The van der Waals surface area contributed by atoms with Crippen molar-refractivity contribution in [3.8, 4) is 5.75 Å². The Labute approximate surface area is 152 Å². The van der Waals surface area contributed by atoms with E-state index in [1.54, 1.807) is 6.20 Å². The highest BCUT2D eigenvalue weighted by Crippen LogP contribution is 2.16. The topological polar surface area (TPSA) is 34.1 Å². The van der Waals surface area contributed by atoms with Crippen molar-refractivity contribution in [1.82, 2.24) is 10.3 Å². The number of rotatable bonds is 5. The first kappa shape index (κ1) is 22.0. The van der Waals surface area contributed by atoms with Crippen molar-refractivity contribution in [2.45, 2.75) is 39.7 Å². The Kier molecular flexibility index (Phi) is 10.2. The molecule has 0 spiro atoms. The molecule has 0 aromatic carbocycles. The first-order valence-electron chi connectivity index (χ1n) is 7.70. The average Bonchev–Trinajstić information content (AvgIpc) is 2.94. The van der Waals surface area contributed by atoms with Gasteiger partial charge in [-0.3, -0.25) is 4.98 Å². The molecule has 1 aliphatic heterocycles. The number of nitrogens with zero attached hydrogens (tertiary/aromatic N) is 1. The maximum atomic E-state index is 5.81. The predicted molar refractivity (Wildman–Crippen MR) is 103 cm³/mol. The fourth-order valence-electron chi connectivity index (χ4n) is 2.21. The van der Waals surface area contributed by atoms with E-state index in [1.807, 2.05) is 18.3 Å². The molecular formula is C18H28Cl2N2O. The molecule has 23 heavy (non-hydrogen) atoms. The molecule has 0 aliphatic carbocycles. The van der Waals surface area contributed by atoms with Gasteiger partial charge in [0.1, 0.15) is 12.4 Å². The number of hydrogen-bond acceptors (Lipinski definition) is 3. The summed E-state index contributed by atoms with van der Waals surface area (Å²) in [4.78, 5) is 4.24. The molecule has 3 nitrogen and oxygen atoms in total. The van der Waals surface area contributed by atoms with E-state index in [0.29, 0.717) is 6.04 Å². The number of pyridine rings is 1. The van der Waals surface area contributed by atoms with Crippen LogP contribution in [0.1, 0.15) is 39.2 Å². The standard InChI is InChI=1S/C18H26N2O.2ClH/c1-18(2,3)9-5-4-7-15-11-17(13-19-12-15)21-14-16-8-6-10-20-16;;/h4-5,7,9,11-13,16,20H,6,8,10,14H2,1-3H3;2*1H/b7-4+,9-5+;;/t16-;;/m0../s1. The minimum Gasteiger partial charge on any atom is -0.490 e. The van der Waals surface area contributed by atoms with Gasteiger partial charge in [-0.15, -0.1) is 24.8 Å². The summed E-state index contributed by atoms with van der Waals surface area (Å²) < 4.78 is 5.81. The van der Waals surface area contributed by atoms with E-state index in [0.717, 1.165) is 24.5 Å². The van der Waals surface area contributed by atoms with Crippen LogP contribution in [0.5, 0.6) is 5.75 Å². The molecule has 1 aromatic heterocycles. The Morgan fingerprint density at radius 2 is 2.04 bits per heavy atom. The van der Waals surface area contributed by atoms with Crippen molar-refractivity contribution >= 4 is 30.9 Å². The van der Waals surface area contributed by atoms with E-state index in [-0.39, 0.29) is 30.2 Å². The molecule has 1 N–H and O–H groups in total. The summed E-state index contributed by atoms with van der Waals surface area (Å²) in [6.07, 6.45) is 14.4. The van der Waals surface area contributed by atoms with Crippen LogP contribution in [0.15, 0.2) is 36.7 Å². The van der Waals surface area contributed by atoms with Crippen LogP contribution in [0.25, 0.3) is 6.08 Å². The van der Waals surface area contributed by atoms with Gasteiger partial charge in [-0.25, -0.2) is 0 Å². The van der Waals surface area contributed by atoms with Gasteiger partial charge in [-0.05, 0) is 36.4 Å². The summed E-state index contributed by atoms with van der Waals surface area (Å²) in [6, 6.07) is 2.52. The SMILES string of the molecule is CC(C)(C)/C=C/C=C/c1cncc(OC[C@@H]2CCCN2)c1.Cl.Cl. The Morgan fingerprint density at radius 1 is 1.26 bits per heavy atom. The van der Waals surface area contributed by atoms with Gasteiger partial charge in [-0.2, -0.15) is 0 Å². The Morgan fingerprint density at radius 3 is 2.70 bits per heavy atom. The fraction of sp³-hybridized carbons (Fsp3) is 0.500. The third-order valence-corrected chi connectivity index (χ3v) is 3.34. The zero-order valence-corrected chi connectivity index (χ0v) is 15.8. The minimum atomic E-state index is 0. The highest BCUT2D eigenvalue weighted by atomic mass is 35.5. The van der Waals surface area contributed by atoms with E-state index in [1.165, 1.54) is 12.8 Å². The third kappa shape index (κ3) is 8.99. The lowest BCUT2D eigenvalue weighted by molar-refractivity contribution is 0.276. The average molecular weight is 359 g/mol. The maximum absolute atomic E-state index is 5.81. The lowest BCUT2D eigenvalue weighted by Gasteiger charge is -2.12. The van der Waals surface area contributed by atoms with Crippen molar-refractivity contribution in [3.63, 3.8) is 0 Å². The summed E-state index contributed by atoms with van der Waals surface area (Å²) in [7, 11) is 0. The van der Waals surface area contributed by atoms with Crippen LogP contribution in [0.2, 0.25) is 0 Å². The lowest BCUT2D eigenvalue weighted by Crippen LogP contribution is -2.28. The lowest BCUT2D eigenvalue weighted by atomic mass is 9.96. The van der Waals surface area contributed by atoms with E-state index in [9.17, 15) is 0 Å². The largest absolute Gasteiger partial charge is 0.490 e. The van der Waals surface area contributed by atoms with Gasteiger partial charge >= 0.3 is 0 Å². The third-order valence-electron chi connectivity index (χ3n) is 3.34. The molecule has 0 saturated carbocycles. The second-order valence-corrected chi connectivity index (χ2v) is 6.64. The quantitative estimate of drug-likeness (QED) is 0.776. The summed E-state index contributed by atoms with van der Waals surface area (Å²) in [5, 5.41) is 3.43. The molecule has 0 radical (unpaired) electrons. The van der Waals surface area contributed by atoms with Crippen molar-refractivity contribution < 1.29 is 4.74 Å². The van der Waals surface area contributed by atoms with E-state index >= 15 is 0 Å². The maximum Gasteiger partial charge on any atom is 0.138 e. The normalized spacial score (nSPS) is 18.0. The molecule has 2 rings (SSSR count). The number of hydrogen-bond donors (Lipinski definition) is 1. The van der Waals surface area contributed by atoms with Crippen LogP contribution in [0, 0.1) is 5.41 Å². The predicted octanol–water partition coefficient (Wildman–Crippen LogP) is 4.67. The summed E-state index contributed by atoms with van der Waals surface area (Å²) >= 11 is 0. The number of halogens is 2. The van der Waals surface area contributed by atoms with Crippen LogP contribution in [0.3, 0.4) is 0 Å². The number of allylic oxidation sites excluding steroid dienone is 3. The molecule has 0 amide bonds. The van der Waals surface area contributed by atoms with Gasteiger partial charge in [0.25, 0.3) is 0 Å². The molecule has 1 saturated heterocycles. The first-order chi connectivity index (χ1) is 10.0. The van der Waals surface area contributed by atoms with Gasteiger partial charge in [0.15, 0.2) is 0 Å². The molecule has 1 atom stereocenters. The summed E-state index contributed by atoms with van der Waals surface area (Å²) in [6.45, 7) is 8.38. The van der Waals surface area contributed by atoms with Crippen molar-refractivity contribution in [1.29, 1.82) is 0 Å². The molecule has 0 bridgehead atoms. The van der Waals surface area contributed by atoms with Crippen molar-refractivity contribution in [2.75, 3.05) is 13.2 Å². The molecule has 5 heteroatoms. The van der Waals surface area contributed by atoms with Gasteiger partial charge in [0.2, 0.25) is 0 Å². The van der Waals surface area contributed by atoms with Crippen molar-refractivity contribution in [3.05, 3.63) is 42.3 Å². The van der Waals surface area contributed by atoms with Crippen molar-refractivity contribution in [2.24, 2.45) is 5.41 Å². The Bertz CT molecular complexity index is 504. The van der Waals surface area contributed by atoms with Crippen LogP contribution in [0.4, 0.5) is 0 Å². The van der Waals surface area contributed by atoms with Gasteiger partial charge < -0.3 is 10.1 Å². The molecule has 1 aliphatic rings. The van der Waals surface area contributed by atoms with Gasteiger partial charge in [0, 0.05) is 12.2 Å². The minimum absolute atomic E-state index is 0. The molecule has 2 heterocycles. The number of aromatic nitrogens is 1. The van der Waals surface area contributed by atoms with Crippen LogP contribution < -0.4 is 10.1 Å². The van der Waals surface area contributed by atoms with Crippen LogP contribution >= 0.6 is 24.8 Å². The highest BCUT2D eigenvalue weighted by molar-refractivity contribution is 5.85. The summed E-state index contributed by atoms with van der Waals surface area (Å²) in [5.41, 5.74) is 1.27. The van der Waals surface area contributed by atoms with E-state index in [4.69, 9.17) is 4.74 Å². The Hall–Kier alpha value is -1.03. The molecule has 0 unspecified atom stereocenters. The van der Waals surface area contributed by atoms with Gasteiger partial charge in [0.05, 0.1) is 6.20 Å². The van der Waals surface area contributed by atoms with E-state index < -0.39 is 0 Å². The second-order valence-electron chi connectivity index (χ2n) is 6.64. The first-order valence-corrected chi connectivity index (χ1v) is 7.70. The molecular weight excluding hydrogens is 331 g/mol. The number of ether oxygens (including phenoxy) is 1. The smallest absolute Gasteiger partial charge is 0.138 e. The molecule has 1 fully saturated rings. The highest BCUT2D eigenvalue weighted by Gasteiger charge is 2.14. The number of nitrogens with one attached hydrogen (secondary N) is 1.